The maximum atomic E-state index is 11.7. The van der Waals surface area contributed by atoms with Crippen molar-refractivity contribution in [1.29, 1.82) is 0 Å². The van der Waals surface area contributed by atoms with Crippen LogP contribution in [0.3, 0.4) is 0 Å². The third-order valence-electron chi connectivity index (χ3n) is 2.72. The van der Waals surface area contributed by atoms with E-state index in [-0.39, 0.29) is 0 Å². The van der Waals surface area contributed by atoms with Gasteiger partial charge >= 0.3 is 0 Å². The quantitative estimate of drug-likeness (QED) is 0.535. The van der Waals surface area contributed by atoms with E-state index < -0.39 is 13.0 Å². The summed E-state index contributed by atoms with van der Waals surface area (Å²) in [5.74, 6) is 0. The Bertz CT molecular complexity index is 156. The molecule has 0 aromatic heterocycles. The molecule has 0 aliphatic heterocycles. The highest BCUT2D eigenvalue weighted by molar-refractivity contribution is 4.60. The van der Waals surface area contributed by atoms with Gasteiger partial charge in [-0.2, -0.15) is 0 Å². The first-order valence-corrected chi connectivity index (χ1v) is 6.76. The Balaban J connectivity index is 3.14. The van der Waals surface area contributed by atoms with Crippen LogP contribution in [0.4, 0.5) is 8.78 Å². The maximum Gasteiger partial charge on any atom is 0.261 e. The lowest BCUT2D eigenvalue weighted by molar-refractivity contribution is 0.0182. The molecule has 0 rings (SSSR count). The number of hydrogen-bond donors (Lipinski definition) is 1. The van der Waals surface area contributed by atoms with Gasteiger partial charge in [0.1, 0.15) is 6.61 Å². The molecule has 0 spiro atoms. The molecule has 0 heterocycles. The molecule has 2 nitrogen and oxygen atoms in total. The van der Waals surface area contributed by atoms with Crippen molar-refractivity contribution in [2.75, 3.05) is 19.8 Å². The van der Waals surface area contributed by atoms with E-state index in [9.17, 15) is 8.78 Å². The molecule has 0 fully saturated rings. The van der Waals surface area contributed by atoms with Gasteiger partial charge in [0.25, 0.3) is 6.43 Å². The first kappa shape index (κ1) is 16.8. The van der Waals surface area contributed by atoms with Crippen LogP contribution in [0.25, 0.3) is 0 Å². The first-order chi connectivity index (χ1) is 8.16. The topological polar surface area (TPSA) is 21.3 Å². The van der Waals surface area contributed by atoms with Crippen molar-refractivity contribution < 1.29 is 13.5 Å². The van der Waals surface area contributed by atoms with Crippen molar-refractivity contribution in [3.05, 3.63) is 0 Å². The number of alkyl halides is 2. The van der Waals surface area contributed by atoms with E-state index in [0.717, 1.165) is 6.42 Å². The van der Waals surface area contributed by atoms with Gasteiger partial charge in [0.05, 0.1) is 6.61 Å². The molecule has 0 saturated heterocycles. The van der Waals surface area contributed by atoms with E-state index in [1.54, 1.807) is 0 Å². The number of rotatable bonds is 12. The molecule has 0 saturated carbocycles. The average Bonchev–Trinajstić information content (AvgIpc) is 2.28. The highest BCUT2D eigenvalue weighted by atomic mass is 19.3. The normalized spacial score (nSPS) is 13.2. The fourth-order valence-corrected chi connectivity index (χ4v) is 1.71. The van der Waals surface area contributed by atoms with Gasteiger partial charge < -0.3 is 10.1 Å². The van der Waals surface area contributed by atoms with Crippen LogP contribution in [0.2, 0.25) is 0 Å². The molecule has 1 unspecified atom stereocenters. The lowest BCUT2D eigenvalue weighted by Gasteiger charge is -2.13. The van der Waals surface area contributed by atoms with Crippen molar-refractivity contribution in [1.82, 2.24) is 5.32 Å². The van der Waals surface area contributed by atoms with Crippen molar-refractivity contribution in [2.24, 2.45) is 0 Å². The van der Waals surface area contributed by atoms with E-state index in [2.05, 4.69) is 19.2 Å². The molecular formula is C13H27F2NO. The molecule has 0 aliphatic rings. The molecule has 0 aromatic rings. The third kappa shape index (κ3) is 13.7. The van der Waals surface area contributed by atoms with E-state index in [4.69, 9.17) is 4.74 Å². The number of halogens is 2. The molecule has 0 bridgehead atoms. The monoisotopic (exact) mass is 251 g/mol. The Kier molecular flexibility index (Phi) is 12.1. The molecular weight excluding hydrogens is 224 g/mol. The van der Waals surface area contributed by atoms with Crippen LogP contribution in [0.15, 0.2) is 0 Å². The van der Waals surface area contributed by atoms with Gasteiger partial charge in [-0.15, -0.1) is 0 Å². The third-order valence-corrected chi connectivity index (χ3v) is 2.72. The van der Waals surface area contributed by atoms with Gasteiger partial charge in [0, 0.05) is 12.6 Å². The SMILES string of the molecule is CCCCCCCC(C)NCCOCC(F)F. The van der Waals surface area contributed by atoms with Gasteiger partial charge in [-0.1, -0.05) is 39.0 Å². The molecule has 0 amide bonds. The largest absolute Gasteiger partial charge is 0.374 e. The summed E-state index contributed by atoms with van der Waals surface area (Å²) >= 11 is 0. The van der Waals surface area contributed by atoms with Crippen molar-refractivity contribution in [3.63, 3.8) is 0 Å². The summed E-state index contributed by atoms with van der Waals surface area (Å²) in [4.78, 5) is 0. The second-order valence-electron chi connectivity index (χ2n) is 4.52. The maximum absolute atomic E-state index is 11.7. The van der Waals surface area contributed by atoms with E-state index in [1.165, 1.54) is 32.1 Å². The highest BCUT2D eigenvalue weighted by Crippen LogP contribution is 2.06. The second kappa shape index (κ2) is 12.2. The molecule has 1 N–H and O–H groups in total. The molecule has 0 aliphatic carbocycles. The first-order valence-electron chi connectivity index (χ1n) is 6.76. The van der Waals surface area contributed by atoms with Crippen LogP contribution in [-0.2, 0) is 4.74 Å². The summed E-state index contributed by atoms with van der Waals surface area (Å²) in [7, 11) is 0. The van der Waals surface area contributed by atoms with E-state index >= 15 is 0 Å². The lowest BCUT2D eigenvalue weighted by atomic mass is 10.1. The molecule has 0 aromatic carbocycles. The van der Waals surface area contributed by atoms with Crippen molar-refractivity contribution in [2.45, 2.75) is 64.8 Å². The lowest BCUT2D eigenvalue weighted by Crippen LogP contribution is -2.29. The molecule has 17 heavy (non-hydrogen) atoms. The fraction of sp³-hybridized carbons (Fsp3) is 1.00. The zero-order valence-electron chi connectivity index (χ0n) is 11.2. The zero-order valence-corrected chi connectivity index (χ0v) is 11.2. The van der Waals surface area contributed by atoms with Gasteiger partial charge in [0.2, 0.25) is 0 Å². The summed E-state index contributed by atoms with van der Waals surface area (Å²) < 4.78 is 28.3. The van der Waals surface area contributed by atoms with Gasteiger partial charge in [-0.05, 0) is 13.3 Å². The second-order valence-corrected chi connectivity index (χ2v) is 4.52. The Labute approximate surface area is 104 Å². The van der Waals surface area contributed by atoms with Gasteiger partial charge in [-0.25, -0.2) is 8.78 Å². The molecule has 104 valence electrons. The summed E-state index contributed by atoms with van der Waals surface area (Å²) in [6.45, 7) is 4.91. The van der Waals surface area contributed by atoms with E-state index in [0.29, 0.717) is 19.2 Å². The summed E-state index contributed by atoms with van der Waals surface area (Å²) in [5, 5.41) is 3.28. The molecule has 1 atom stereocenters. The van der Waals surface area contributed by atoms with E-state index in [1.807, 2.05) is 0 Å². The Morgan fingerprint density at radius 3 is 2.47 bits per heavy atom. The highest BCUT2D eigenvalue weighted by Gasteiger charge is 2.03. The number of ether oxygens (including phenoxy) is 1. The van der Waals surface area contributed by atoms with Crippen LogP contribution in [0.5, 0.6) is 0 Å². The van der Waals surface area contributed by atoms with Gasteiger partial charge in [0.15, 0.2) is 0 Å². The summed E-state index contributed by atoms with van der Waals surface area (Å²) in [5.41, 5.74) is 0. The predicted octanol–water partition coefficient (Wildman–Crippen LogP) is 3.61. The van der Waals surface area contributed by atoms with Crippen LogP contribution in [0, 0.1) is 0 Å². The minimum atomic E-state index is -2.36. The Morgan fingerprint density at radius 2 is 1.82 bits per heavy atom. The minimum Gasteiger partial charge on any atom is -0.374 e. The minimum absolute atomic E-state index is 0.366. The summed E-state index contributed by atoms with van der Waals surface area (Å²) in [6.07, 6.45) is 5.25. The zero-order chi connectivity index (χ0) is 12.9. The molecule has 4 heteroatoms. The smallest absolute Gasteiger partial charge is 0.261 e. The van der Waals surface area contributed by atoms with Crippen molar-refractivity contribution in [3.8, 4) is 0 Å². The summed E-state index contributed by atoms with van der Waals surface area (Å²) in [6, 6.07) is 0.451. The van der Waals surface area contributed by atoms with Gasteiger partial charge in [-0.3, -0.25) is 0 Å². The average molecular weight is 251 g/mol. The standard InChI is InChI=1S/C13H27F2NO/c1-3-4-5-6-7-8-12(2)16-9-10-17-11-13(14)15/h12-13,16H,3-11H2,1-2H3. The van der Waals surface area contributed by atoms with Crippen LogP contribution < -0.4 is 5.32 Å². The Hall–Kier alpha value is -0.220. The van der Waals surface area contributed by atoms with Crippen molar-refractivity contribution >= 4 is 0 Å². The van der Waals surface area contributed by atoms with Crippen LogP contribution in [0.1, 0.15) is 52.4 Å². The van der Waals surface area contributed by atoms with Crippen LogP contribution >= 0.6 is 0 Å². The number of nitrogens with one attached hydrogen (secondary N) is 1. The predicted molar refractivity (Wildman–Crippen MR) is 67.7 cm³/mol. The van der Waals surface area contributed by atoms with Crippen LogP contribution in [-0.4, -0.2) is 32.2 Å². The number of hydrogen-bond acceptors (Lipinski definition) is 2. The fourth-order valence-electron chi connectivity index (χ4n) is 1.71. The number of unbranched alkanes of at least 4 members (excludes halogenated alkanes) is 4. The molecule has 0 radical (unpaired) electrons. The Morgan fingerprint density at radius 1 is 1.12 bits per heavy atom.